The van der Waals surface area contributed by atoms with Crippen molar-refractivity contribution in [3.63, 3.8) is 0 Å². The summed E-state index contributed by atoms with van der Waals surface area (Å²) in [6.45, 7) is 1.71. The predicted octanol–water partition coefficient (Wildman–Crippen LogP) is 1.34. The Kier molecular flexibility index (Phi) is 7.13. The zero-order chi connectivity index (χ0) is 31.0. The van der Waals surface area contributed by atoms with Crippen LogP contribution in [0.2, 0.25) is 0 Å². The second-order valence-corrected chi connectivity index (χ2v) is 11.4. The highest BCUT2D eigenvalue weighted by Crippen LogP contribution is 2.22. The molecule has 1 atom stereocenters. The number of para-hydroxylation sites is 1. The molecule has 1 unspecified atom stereocenters. The van der Waals surface area contributed by atoms with Crippen molar-refractivity contribution in [2.24, 2.45) is 5.14 Å². The lowest BCUT2D eigenvalue weighted by molar-refractivity contribution is 0.0940. The number of hydrogen-bond acceptors (Lipinski definition) is 9. The molecule has 0 spiro atoms. The maximum absolute atomic E-state index is 14.2. The van der Waals surface area contributed by atoms with Crippen LogP contribution < -0.4 is 21.7 Å². The molecule has 6 rings (SSSR count). The molecule has 14 nitrogen and oxygen atoms in total. The number of hydrogen-bond donors (Lipinski definition) is 3. The number of nitrogen functional groups attached to an aromatic ring is 1. The lowest BCUT2D eigenvalue weighted by Crippen LogP contribution is -2.33. The number of nitrogens with zero attached hydrogens (tertiary/aromatic N) is 7. The van der Waals surface area contributed by atoms with Gasteiger partial charge in [-0.15, -0.1) is 5.10 Å². The van der Waals surface area contributed by atoms with E-state index in [1.54, 1.807) is 61.7 Å². The molecular weight excluding hydrogens is 584 g/mol. The molecular formula is C29H24N10O4S. The van der Waals surface area contributed by atoms with Gasteiger partial charge in [-0.2, -0.15) is 5.10 Å². The fourth-order valence-corrected chi connectivity index (χ4v) is 5.26. The van der Waals surface area contributed by atoms with Gasteiger partial charge in [0.05, 0.1) is 34.4 Å². The number of carbonyl (C=O) groups excluding carboxylic acids is 1. The molecule has 15 heteroatoms. The molecule has 0 aliphatic heterocycles. The highest BCUT2D eigenvalue weighted by Gasteiger charge is 2.25. The molecule has 4 heterocycles. The summed E-state index contributed by atoms with van der Waals surface area (Å²) >= 11 is 0. The number of benzene rings is 2. The van der Waals surface area contributed by atoms with Gasteiger partial charge in [0.25, 0.3) is 11.5 Å². The van der Waals surface area contributed by atoms with Gasteiger partial charge in [-0.25, -0.2) is 28.0 Å². The SMILES string of the molecule is CC(NC(=O)c1c(N)nn2cccnc12)c1nc2cccc(C#Cc3cnn(CS(N)(=O)=O)c3)c2c(=O)n1-c1ccccc1. The monoisotopic (exact) mass is 608 g/mol. The van der Waals surface area contributed by atoms with E-state index < -0.39 is 33.4 Å². The zero-order valence-electron chi connectivity index (χ0n) is 23.1. The summed E-state index contributed by atoms with van der Waals surface area (Å²) in [6.07, 6.45) is 6.01. The van der Waals surface area contributed by atoms with E-state index in [4.69, 9.17) is 15.9 Å². The minimum atomic E-state index is -3.78. The molecule has 0 saturated heterocycles. The molecule has 0 saturated carbocycles. The average molecular weight is 609 g/mol. The molecule has 6 aromatic rings. The van der Waals surface area contributed by atoms with E-state index >= 15 is 0 Å². The molecule has 1 amide bonds. The first-order valence-electron chi connectivity index (χ1n) is 13.1. The Balaban J connectivity index is 1.43. The highest BCUT2D eigenvalue weighted by molar-refractivity contribution is 7.88. The van der Waals surface area contributed by atoms with Crippen molar-refractivity contribution in [2.75, 3.05) is 5.73 Å². The third-order valence-electron chi connectivity index (χ3n) is 6.61. The molecule has 220 valence electrons. The number of aromatic nitrogens is 7. The van der Waals surface area contributed by atoms with Gasteiger partial charge >= 0.3 is 0 Å². The Bertz CT molecular complexity index is 2300. The van der Waals surface area contributed by atoms with Gasteiger partial charge in [-0.05, 0) is 37.3 Å². The second kappa shape index (κ2) is 11.1. The van der Waals surface area contributed by atoms with Crippen LogP contribution in [0.5, 0.6) is 0 Å². The summed E-state index contributed by atoms with van der Waals surface area (Å²) in [5.74, 6) is 5.17. The molecule has 4 aromatic heterocycles. The molecule has 5 N–H and O–H groups in total. The molecule has 0 aliphatic rings. The lowest BCUT2D eigenvalue weighted by atomic mass is 10.1. The van der Waals surface area contributed by atoms with Gasteiger partial charge in [0, 0.05) is 24.2 Å². The van der Waals surface area contributed by atoms with Gasteiger partial charge < -0.3 is 11.1 Å². The molecule has 0 aliphatic carbocycles. The van der Waals surface area contributed by atoms with Crippen molar-refractivity contribution >= 4 is 38.3 Å². The molecule has 44 heavy (non-hydrogen) atoms. The van der Waals surface area contributed by atoms with Crippen molar-refractivity contribution in [2.45, 2.75) is 18.8 Å². The van der Waals surface area contributed by atoms with E-state index in [0.29, 0.717) is 28.0 Å². The Morgan fingerprint density at radius 2 is 1.89 bits per heavy atom. The summed E-state index contributed by atoms with van der Waals surface area (Å²) < 4.78 is 26.8. The minimum absolute atomic E-state index is 0.0127. The van der Waals surface area contributed by atoms with E-state index in [9.17, 15) is 18.0 Å². The van der Waals surface area contributed by atoms with Crippen molar-refractivity contribution in [3.05, 3.63) is 112 Å². The Labute approximate surface area is 250 Å². The fourth-order valence-electron chi connectivity index (χ4n) is 4.75. The van der Waals surface area contributed by atoms with Crippen LogP contribution in [-0.4, -0.2) is 48.3 Å². The van der Waals surface area contributed by atoms with E-state index in [0.717, 1.165) is 4.68 Å². The maximum Gasteiger partial charge on any atom is 0.267 e. The first-order valence-corrected chi connectivity index (χ1v) is 14.9. The fraction of sp³-hybridized carbons (Fsp3) is 0.103. The third kappa shape index (κ3) is 5.50. The van der Waals surface area contributed by atoms with E-state index in [1.807, 2.05) is 6.07 Å². The van der Waals surface area contributed by atoms with Crippen LogP contribution in [0.25, 0.3) is 22.2 Å². The molecule has 0 fully saturated rings. The number of anilines is 1. The first kappa shape index (κ1) is 28.3. The van der Waals surface area contributed by atoms with Gasteiger partial charge in [0.15, 0.2) is 17.3 Å². The van der Waals surface area contributed by atoms with Gasteiger partial charge in [-0.1, -0.05) is 36.1 Å². The topological polar surface area (TPSA) is 198 Å². The van der Waals surface area contributed by atoms with E-state index in [2.05, 4.69) is 32.3 Å². The summed E-state index contributed by atoms with van der Waals surface area (Å²) in [4.78, 5) is 36.6. The summed E-state index contributed by atoms with van der Waals surface area (Å²) in [5, 5.41) is 16.4. The Morgan fingerprint density at radius 3 is 2.66 bits per heavy atom. The average Bonchev–Trinajstić information content (AvgIpc) is 3.57. The summed E-state index contributed by atoms with van der Waals surface area (Å²) in [5.41, 5.74) is 7.78. The van der Waals surface area contributed by atoms with Crippen molar-refractivity contribution in [1.29, 1.82) is 0 Å². The van der Waals surface area contributed by atoms with Crippen LogP contribution in [0.4, 0.5) is 5.82 Å². The molecule has 2 aromatic carbocycles. The standard InChI is InChI=1S/C29H24N10O4S/c1-18(34-28(40)24-25(30)36-38-14-6-13-32-27(24)38)26-35-22-10-5-7-20(12-11-19-15-33-37(16-19)17-44(31,42)43)23(22)29(41)39(26)21-8-3-2-4-9-21/h2-10,13-16,18H,17H2,1H3,(H2,30,36)(H,34,40)(H2,31,42,43). The van der Waals surface area contributed by atoms with Crippen molar-refractivity contribution in [3.8, 4) is 17.5 Å². The normalized spacial score (nSPS) is 12.1. The number of sulfonamides is 1. The lowest BCUT2D eigenvalue weighted by Gasteiger charge is -2.20. The van der Waals surface area contributed by atoms with Crippen LogP contribution in [0.3, 0.4) is 0 Å². The molecule has 0 bridgehead atoms. The van der Waals surface area contributed by atoms with Crippen molar-refractivity contribution in [1.82, 2.24) is 39.2 Å². The van der Waals surface area contributed by atoms with E-state index in [-0.39, 0.29) is 22.6 Å². The number of carbonyl (C=O) groups is 1. The van der Waals surface area contributed by atoms with Crippen molar-refractivity contribution < 1.29 is 13.2 Å². The number of fused-ring (bicyclic) bond motifs is 2. The van der Waals surface area contributed by atoms with Gasteiger partial charge in [0.2, 0.25) is 10.0 Å². The summed E-state index contributed by atoms with van der Waals surface area (Å²) in [7, 11) is -3.78. The van der Waals surface area contributed by atoms with Crippen LogP contribution in [0.15, 0.2) is 84.2 Å². The van der Waals surface area contributed by atoms with Crippen LogP contribution >= 0.6 is 0 Å². The van der Waals surface area contributed by atoms with Crippen LogP contribution in [-0.2, 0) is 15.9 Å². The van der Waals surface area contributed by atoms with E-state index in [1.165, 1.54) is 27.7 Å². The predicted molar refractivity (Wildman–Crippen MR) is 162 cm³/mol. The minimum Gasteiger partial charge on any atom is -0.381 e. The first-order chi connectivity index (χ1) is 21.1. The smallest absolute Gasteiger partial charge is 0.267 e. The van der Waals surface area contributed by atoms with Gasteiger partial charge in [0.1, 0.15) is 11.4 Å². The number of nitrogens with one attached hydrogen (secondary N) is 1. The van der Waals surface area contributed by atoms with Crippen LogP contribution in [0.1, 0.15) is 40.3 Å². The number of primary sulfonamides is 1. The largest absolute Gasteiger partial charge is 0.381 e. The van der Waals surface area contributed by atoms with Gasteiger partial charge in [-0.3, -0.25) is 18.8 Å². The maximum atomic E-state index is 14.2. The number of amides is 1. The Hall–Kier alpha value is -5.85. The number of rotatable bonds is 6. The second-order valence-electron chi connectivity index (χ2n) is 9.80. The highest BCUT2D eigenvalue weighted by atomic mass is 32.2. The summed E-state index contributed by atoms with van der Waals surface area (Å²) in [6, 6.07) is 14.9. The third-order valence-corrected chi connectivity index (χ3v) is 7.23. The Morgan fingerprint density at radius 1 is 1.09 bits per heavy atom. The van der Waals surface area contributed by atoms with Crippen LogP contribution in [0, 0.1) is 11.8 Å². The quantitative estimate of drug-likeness (QED) is 0.234. The molecule has 0 radical (unpaired) electrons. The zero-order valence-corrected chi connectivity index (χ0v) is 23.9. The number of nitrogens with two attached hydrogens (primary N) is 2.